The molecular formula is C19H15N3O3. The Morgan fingerprint density at radius 2 is 2.12 bits per heavy atom. The molecule has 0 fully saturated rings. The van der Waals surface area contributed by atoms with Gasteiger partial charge in [-0.05, 0) is 36.4 Å². The zero-order chi connectivity index (χ0) is 17.2. The molecule has 6 nitrogen and oxygen atoms in total. The predicted molar refractivity (Wildman–Crippen MR) is 91.7 cm³/mol. The van der Waals surface area contributed by atoms with Crippen LogP contribution < -0.4 is 0 Å². The van der Waals surface area contributed by atoms with Crippen LogP contribution in [0.2, 0.25) is 0 Å². The number of carbonyl (C=O) groups excluding carboxylic acids is 1. The van der Waals surface area contributed by atoms with Crippen LogP contribution in [-0.4, -0.2) is 28.0 Å². The first-order valence-electron chi connectivity index (χ1n) is 7.79. The van der Waals surface area contributed by atoms with Gasteiger partial charge in [0.05, 0.1) is 12.8 Å². The Bertz CT molecular complexity index is 1020. The summed E-state index contributed by atoms with van der Waals surface area (Å²) < 4.78 is 10.6. The molecule has 0 saturated heterocycles. The van der Waals surface area contributed by atoms with Gasteiger partial charge >= 0.3 is 0 Å². The van der Waals surface area contributed by atoms with Gasteiger partial charge < -0.3 is 13.8 Å². The van der Waals surface area contributed by atoms with Crippen LogP contribution in [0.15, 0.2) is 70.1 Å². The predicted octanol–water partition coefficient (Wildman–Crippen LogP) is 3.76. The van der Waals surface area contributed by atoms with E-state index < -0.39 is 0 Å². The van der Waals surface area contributed by atoms with Crippen molar-refractivity contribution in [3.8, 4) is 11.3 Å². The number of nitrogens with zero attached hydrogens (tertiary/aromatic N) is 3. The third-order valence-electron chi connectivity index (χ3n) is 3.96. The second kappa shape index (κ2) is 6.24. The molecule has 3 aromatic heterocycles. The van der Waals surface area contributed by atoms with Gasteiger partial charge in [0, 0.05) is 42.0 Å². The molecule has 0 saturated carbocycles. The van der Waals surface area contributed by atoms with Gasteiger partial charge in [0.15, 0.2) is 5.76 Å². The van der Waals surface area contributed by atoms with Crippen molar-refractivity contribution in [1.82, 2.24) is 15.0 Å². The number of hydrogen-bond donors (Lipinski definition) is 0. The van der Waals surface area contributed by atoms with Gasteiger partial charge in [-0.25, -0.2) is 0 Å². The van der Waals surface area contributed by atoms with Crippen LogP contribution in [0.3, 0.4) is 0 Å². The summed E-state index contributed by atoms with van der Waals surface area (Å²) in [6.45, 7) is 0.329. The van der Waals surface area contributed by atoms with Gasteiger partial charge in [-0.1, -0.05) is 5.16 Å². The Hall–Kier alpha value is -3.41. The van der Waals surface area contributed by atoms with Crippen molar-refractivity contribution < 1.29 is 13.7 Å². The molecule has 6 heteroatoms. The average Bonchev–Trinajstić information content (AvgIpc) is 3.30. The molecule has 1 aromatic carbocycles. The smallest absolute Gasteiger partial charge is 0.254 e. The van der Waals surface area contributed by atoms with Crippen LogP contribution in [0, 0.1) is 0 Å². The molecule has 0 spiro atoms. The van der Waals surface area contributed by atoms with Gasteiger partial charge in [0.1, 0.15) is 11.3 Å². The van der Waals surface area contributed by atoms with Gasteiger partial charge in [0.2, 0.25) is 0 Å². The number of pyridine rings is 1. The van der Waals surface area contributed by atoms with E-state index in [1.807, 2.05) is 30.3 Å². The SMILES string of the molecule is CN(Cc1cc(-c2cccnc2)no1)C(=O)c1ccc2occc2c1. The summed E-state index contributed by atoms with van der Waals surface area (Å²) in [4.78, 5) is 18.3. The van der Waals surface area contributed by atoms with Crippen molar-refractivity contribution in [2.45, 2.75) is 6.54 Å². The number of amides is 1. The lowest BCUT2D eigenvalue weighted by Gasteiger charge is -2.15. The molecule has 124 valence electrons. The first-order valence-corrected chi connectivity index (χ1v) is 7.79. The van der Waals surface area contributed by atoms with E-state index in [1.54, 1.807) is 42.7 Å². The van der Waals surface area contributed by atoms with E-state index in [-0.39, 0.29) is 5.91 Å². The standard InChI is InChI=1S/C19H15N3O3/c1-22(19(23)14-4-5-18-13(9-14)6-8-24-18)12-16-10-17(21-25-16)15-3-2-7-20-11-15/h2-11H,12H2,1H3. The van der Waals surface area contributed by atoms with Gasteiger partial charge in [-0.2, -0.15) is 0 Å². The molecule has 4 rings (SSSR count). The van der Waals surface area contributed by atoms with E-state index in [0.29, 0.717) is 23.6 Å². The van der Waals surface area contributed by atoms with Crippen molar-refractivity contribution in [2.24, 2.45) is 0 Å². The third-order valence-corrected chi connectivity index (χ3v) is 3.96. The number of fused-ring (bicyclic) bond motifs is 1. The topological polar surface area (TPSA) is 72.4 Å². The Kier molecular flexibility index (Phi) is 3.78. The summed E-state index contributed by atoms with van der Waals surface area (Å²) in [5.74, 6) is 0.515. The molecule has 3 heterocycles. The second-order valence-corrected chi connectivity index (χ2v) is 5.75. The molecule has 0 unspecified atom stereocenters. The zero-order valence-corrected chi connectivity index (χ0v) is 13.5. The van der Waals surface area contributed by atoms with Crippen molar-refractivity contribution in [1.29, 1.82) is 0 Å². The third kappa shape index (κ3) is 3.01. The van der Waals surface area contributed by atoms with Gasteiger partial charge in [-0.3, -0.25) is 9.78 Å². The molecule has 0 aliphatic heterocycles. The summed E-state index contributed by atoms with van der Waals surface area (Å²) in [7, 11) is 1.73. The minimum Gasteiger partial charge on any atom is -0.464 e. The maximum absolute atomic E-state index is 12.6. The highest BCUT2D eigenvalue weighted by Gasteiger charge is 2.16. The van der Waals surface area contributed by atoms with Crippen LogP contribution in [0.25, 0.3) is 22.2 Å². The van der Waals surface area contributed by atoms with E-state index in [9.17, 15) is 4.79 Å². The lowest BCUT2D eigenvalue weighted by atomic mass is 10.1. The summed E-state index contributed by atoms with van der Waals surface area (Å²) in [5.41, 5.74) is 2.93. The maximum Gasteiger partial charge on any atom is 0.254 e. The highest BCUT2D eigenvalue weighted by molar-refractivity contribution is 5.97. The fourth-order valence-electron chi connectivity index (χ4n) is 2.66. The quantitative estimate of drug-likeness (QED) is 0.568. The molecule has 0 N–H and O–H groups in total. The fourth-order valence-corrected chi connectivity index (χ4v) is 2.66. The molecule has 0 aliphatic carbocycles. The van der Waals surface area contributed by atoms with Crippen LogP contribution in [-0.2, 0) is 6.54 Å². The molecule has 0 bridgehead atoms. The second-order valence-electron chi connectivity index (χ2n) is 5.75. The van der Waals surface area contributed by atoms with Crippen molar-refractivity contribution in [3.05, 3.63) is 72.4 Å². The fraction of sp³-hybridized carbons (Fsp3) is 0.105. The zero-order valence-electron chi connectivity index (χ0n) is 13.5. The largest absolute Gasteiger partial charge is 0.464 e. The maximum atomic E-state index is 12.6. The van der Waals surface area contributed by atoms with E-state index in [0.717, 1.165) is 16.5 Å². The Labute approximate surface area is 143 Å². The monoisotopic (exact) mass is 333 g/mol. The number of hydrogen-bond acceptors (Lipinski definition) is 5. The van der Waals surface area contributed by atoms with Crippen LogP contribution in [0.4, 0.5) is 0 Å². The molecule has 0 aliphatic rings. The van der Waals surface area contributed by atoms with Crippen LogP contribution >= 0.6 is 0 Å². The minimum absolute atomic E-state index is 0.0950. The highest BCUT2D eigenvalue weighted by atomic mass is 16.5. The Morgan fingerprint density at radius 1 is 1.20 bits per heavy atom. The molecule has 0 atom stereocenters. The van der Waals surface area contributed by atoms with E-state index in [2.05, 4.69) is 10.1 Å². The average molecular weight is 333 g/mol. The number of benzene rings is 1. The van der Waals surface area contributed by atoms with E-state index in [1.165, 1.54) is 0 Å². The van der Waals surface area contributed by atoms with Crippen molar-refractivity contribution >= 4 is 16.9 Å². The van der Waals surface area contributed by atoms with Crippen molar-refractivity contribution in [2.75, 3.05) is 7.05 Å². The van der Waals surface area contributed by atoms with Gasteiger partial charge in [-0.15, -0.1) is 0 Å². The van der Waals surface area contributed by atoms with E-state index >= 15 is 0 Å². The van der Waals surface area contributed by atoms with E-state index in [4.69, 9.17) is 8.94 Å². The first-order chi connectivity index (χ1) is 12.2. The summed E-state index contributed by atoms with van der Waals surface area (Å²) in [6.07, 6.45) is 5.03. The Morgan fingerprint density at radius 3 is 2.96 bits per heavy atom. The molecule has 25 heavy (non-hydrogen) atoms. The van der Waals surface area contributed by atoms with Gasteiger partial charge in [0.25, 0.3) is 5.91 Å². The highest BCUT2D eigenvalue weighted by Crippen LogP contribution is 2.20. The van der Waals surface area contributed by atoms with Crippen molar-refractivity contribution in [3.63, 3.8) is 0 Å². The van der Waals surface area contributed by atoms with Crippen LogP contribution in [0.1, 0.15) is 16.1 Å². The minimum atomic E-state index is -0.0950. The summed E-state index contributed by atoms with van der Waals surface area (Å²) >= 11 is 0. The molecular weight excluding hydrogens is 318 g/mol. The number of furan rings is 1. The molecule has 4 aromatic rings. The summed E-state index contributed by atoms with van der Waals surface area (Å²) in [6, 6.07) is 12.8. The Balaban J connectivity index is 1.50. The molecule has 0 radical (unpaired) electrons. The number of aromatic nitrogens is 2. The normalized spacial score (nSPS) is 10.9. The lowest BCUT2D eigenvalue weighted by Crippen LogP contribution is -2.25. The lowest BCUT2D eigenvalue weighted by molar-refractivity contribution is 0.0772. The molecule has 1 amide bonds. The number of carbonyl (C=O) groups is 1. The number of rotatable bonds is 4. The summed E-state index contributed by atoms with van der Waals surface area (Å²) in [5, 5.41) is 4.94. The first kappa shape index (κ1) is 15.1. The van der Waals surface area contributed by atoms with Crippen LogP contribution in [0.5, 0.6) is 0 Å².